The number of carbonyl (C=O) groups is 2. The van der Waals surface area contributed by atoms with Gasteiger partial charge in [0.2, 0.25) is 5.91 Å². The second-order valence-electron chi connectivity index (χ2n) is 18.2. The summed E-state index contributed by atoms with van der Waals surface area (Å²) in [4.78, 5) is 24.4. The van der Waals surface area contributed by atoms with Crippen molar-refractivity contribution in [3.05, 3.63) is 36.5 Å². The van der Waals surface area contributed by atoms with Crippen LogP contribution in [0, 0.1) is 0 Å². The van der Waals surface area contributed by atoms with Gasteiger partial charge in [-0.25, -0.2) is 0 Å². The van der Waals surface area contributed by atoms with E-state index in [4.69, 9.17) is 4.74 Å². The summed E-state index contributed by atoms with van der Waals surface area (Å²) < 4.78 is 5.45. The topological polar surface area (TPSA) is 95.9 Å². The first-order valence-electron chi connectivity index (χ1n) is 26.8. The van der Waals surface area contributed by atoms with Crippen LogP contribution in [0.15, 0.2) is 36.5 Å². The fourth-order valence-corrected chi connectivity index (χ4v) is 8.04. The lowest BCUT2D eigenvalue weighted by molar-refractivity contribution is -0.143. The first-order chi connectivity index (χ1) is 30.0. The largest absolute Gasteiger partial charge is 0.466 e. The number of esters is 1. The van der Waals surface area contributed by atoms with Gasteiger partial charge in [0.05, 0.1) is 25.4 Å². The molecular formula is C55H103NO5. The van der Waals surface area contributed by atoms with Crippen LogP contribution in [0.5, 0.6) is 0 Å². The maximum absolute atomic E-state index is 12.4. The Bertz CT molecular complexity index is 993. The van der Waals surface area contributed by atoms with Gasteiger partial charge in [-0.05, 0) is 51.4 Å². The molecule has 0 aliphatic carbocycles. The van der Waals surface area contributed by atoms with Gasteiger partial charge in [-0.3, -0.25) is 9.59 Å². The molecule has 0 fully saturated rings. The molecule has 0 bridgehead atoms. The number of rotatable bonds is 49. The number of allylic oxidation sites excluding steroid dienone is 5. The van der Waals surface area contributed by atoms with Crippen LogP contribution in [0.25, 0.3) is 0 Å². The molecule has 2 atom stereocenters. The van der Waals surface area contributed by atoms with Gasteiger partial charge >= 0.3 is 5.97 Å². The Balaban J connectivity index is 3.58. The highest BCUT2D eigenvalue weighted by molar-refractivity contribution is 5.76. The number of unbranched alkanes of at least 4 members (excludes halogenated alkanes) is 34. The molecule has 0 saturated carbocycles. The number of hydrogen-bond donors (Lipinski definition) is 3. The highest BCUT2D eigenvalue weighted by atomic mass is 16.5. The van der Waals surface area contributed by atoms with E-state index in [1.54, 1.807) is 6.08 Å². The van der Waals surface area contributed by atoms with Gasteiger partial charge in [0, 0.05) is 12.8 Å². The minimum atomic E-state index is -0.879. The molecule has 0 aliphatic heterocycles. The normalized spacial score (nSPS) is 12.9. The molecule has 61 heavy (non-hydrogen) atoms. The van der Waals surface area contributed by atoms with E-state index >= 15 is 0 Å². The van der Waals surface area contributed by atoms with Crippen LogP contribution in [0.3, 0.4) is 0 Å². The van der Waals surface area contributed by atoms with E-state index in [1.165, 1.54) is 193 Å². The first-order valence-corrected chi connectivity index (χ1v) is 26.8. The van der Waals surface area contributed by atoms with Gasteiger partial charge in [-0.15, -0.1) is 0 Å². The van der Waals surface area contributed by atoms with Crippen molar-refractivity contribution in [1.29, 1.82) is 0 Å². The lowest BCUT2D eigenvalue weighted by Gasteiger charge is -2.19. The first kappa shape index (κ1) is 59.1. The van der Waals surface area contributed by atoms with Crippen LogP contribution in [0.4, 0.5) is 0 Å². The molecule has 0 saturated heterocycles. The summed E-state index contributed by atoms with van der Waals surface area (Å²) in [5.41, 5.74) is 0. The van der Waals surface area contributed by atoms with Crippen LogP contribution < -0.4 is 5.32 Å². The molecule has 0 aliphatic rings. The lowest BCUT2D eigenvalue weighted by atomic mass is 10.0. The quantitative estimate of drug-likeness (QED) is 0.0322. The highest BCUT2D eigenvalue weighted by Gasteiger charge is 2.17. The molecule has 0 aromatic heterocycles. The molecular weight excluding hydrogens is 755 g/mol. The predicted molar refractivity (Wildman–Crippen MR) is 264 cm³/mol. The molecule has 0 aromatic carbocycles. The molecule has 3 N–H and O–H groups in total. The number of carbonyl (C=O) groups excluding carboxylic acids is 2. The second-order valence-corrected chi connectivity index (χ2v) is 18.2. The molecule has 1 amide bonds. The Morgan fingerprint density at radius 2 is 0.836 bits per heavy atom. The third kappa shape index (κ3) is 47.4. The zero-order chi connectivity index (χ0) is 44.4. The van der Waals surface area contributed by atoms with Gasteiger partial charge in [-0.2, -0.15) is 0 Å². The van der Waals surface area contributed by atoms with Crippen LogP contribution in [0.1, 0.15) is 277 Å². The highest BCUT2D eigenvalue weighted by Crippen LogP contribution is 2.16. The number of aliphatic hydroxyl groups is 2. The van der Waals surface area contributed by atoms with E-state index in [2.05, 4.69) is 37.4 Å². The van der Waals surface area contributed by atoms with Crippen molar-refractivity contribution in [3.8, 4) is 0 Å². The zero-order valence-corrected chi connectivity index (χ0v) is 40.6. The van der Waals surface area contributed by atoms with E-state index in [0.29, 0.717) is 25.9 Å². The molecule has 358 valence electrons. The van der Waals surface area contributed by atoms with Crippen molar-refractivity contribution < 1.29 is 24.5 Å². The van der Waals surface area contributed by atoms with Crippen molar-refractivity contribution in [2.75, 3.05) is 13.2 Å². The number of amides is 1. The zero-order valence-electron chi connectivity index (χ0n) is 40.6. The SMILES string of the molecule is CCCCCCCCCCCCCCCCC/C=C/C(O)C(CO)NC(=O)CC/C=C\C/C=C\CCCCCCCCOC(=O)CCCCCCCCCCCCCCCC. The monoisotopic (exact) mass is 858 g/mol. The summed E-state index contributed by atoms with van der Waals surface area (Å²) in [5.74, 6) is -0.164. The minimum absolute atomic E-state index is 0.0165. The Morgan fingerprint density at radius 1 is 0.459 bits per heavy atom. The van der Waals surface area contributed by atoms with Gasteiger partial charge < -0.3 is 20.3 Å². The predicted octanol–water partition coefficient (Wildman–Crippen LogP) is 16.1. The summed E-state index contributed by atoms with van der Waals surface area (Å²) >= 11 is 0. The van der Waals surface area contributed by atoms with Crippen molar-refractivity contribution >= 4 is 11.9 Å². The molecule has 2 unspecified atom stereocenters. The van der Waals surface area contributed by atoms with Crippen molar-refractivity contribution in [1.82, 2.24) is 5.32 Å². The molecule has 0 heterocycles. The number of aliphatic hydroxyl groups excluding tert-OH is 2. The van der Waals surface area contributed by atoms with Crippen LogP contribution >= 0.6 is 0 Å². The van der Waals surface area contributed by atoms with Crippen molar-refractivity contribution in [3.63, 3.8) is 0 Å². The number of hydrogen-bond acceptors (Lipinski definition) is 5. The molecule has 0 radical (unpaired) electrons. The molecule has 6 heteroatoms. The van der Waals surface area contributed by atoms with E-state index in [9.17, 15) is 19.8 Å². The summed E-state index contributed by atoms with van der Waals surface area (Å²) in [6.45, 7) is 4.84. The van der Waals surface area contributed by atoms with Gasteiger partial charge in [0.1, 0.15) is 0 Å². The number of nitrogens with one attached hydrogen (secondary N) is 1. The van der Waals surface area contributed by atoms with Crippen LogP contribution in [-0.2, 0) is 14.3 Å². The average Bonchev–Trinajstić information content (AvgIpc) is 3.26. The van der Waals surface area contributed by atoms with Crippen LogP contribution in [-0.4, -0.2) is 47.4 Å². The van der Waals surface area contributed by atoms with E-state index in [1.807, 2.05) is 12.2 Å². The summed E-state index contributed by atoms with van der Waals surface area (Å²) in [6, 6.07) is -0.671. The fraction of sp³-hybridized carbons (Fsp3) is 0.855. The average molecular weight is 858 g/mol. The van der Waals surface area contributed by atoms with Crippen LogP contribution in [0.2, 0.25) is 0 Å². The fourth-order valence-electron chi connectivity index (χ4n) is 8.04. The lowest BCUT2D eigenvalue weighted by Crippen LogP contribution is -2.45. The third-order valence-electron chi connectivity index (χ3n) is 12.2. The van der Waals surface area contributed by atoms with E-state index < -0.39 is 12.1 Å². The standard InChI is InChI=1S/C55H103NO5/c1-3-5-7-9-11-13-15-17-19-20-21-23-27-31-35-39-43-47-53(58)52(51-57)56-54(59)48-44-40-36-32-28-24-22-26-30-34-38-42-46-50-61-55(60)49-45-41-37-33-29-25-18-16-14-12-10-8-6-4-2/h24,28,36,40,43,47,52-53,57-58H,3-23,25-27,29-35,37-39,41-42,44-46,48-51H2,1-2H3,(H,56,59)/b28-24-,40-36-,47-43+. The van der Waals surface area contributed by atoms with Crippen molar-refractivity contribution in [2.45, 2.75) is 289 Å². The second kappa shape index (κ2) is 50.7. The minimum Gasteiger partial charge on any atom is -0.466 e. The summed E-state index contributed by atoms with van der Waals surface area (Å²) in [5, 5.41) is 23.0. The smallest absolute Gasteiger partial charge is 0.305 e. The Hall–Kier alpha value is -1.92. The van der Waals surface area contributed by atoms with Gasteiger partial charge in [0.25, 0.3) is 0 Å². The van der Waals surface area contributed by atoms with Crippen molar-refractivity contribution in [2.24, 2.45) is 0 Å². The molecule has 0 rings (SSSR count). The van der Waals surface area contributed by atoms with E-state index in [0.717, 1.165) is 51.4 Å². The van der Waals surface area contributed by atoms with E-state index in [-0.39, 0.29) is 18.5 Å². The molecule has 0 spiro atoms. The maximum atomic E-state index is 12.4. The third-order valence-corrected chi connectivity index (χ3v) is 12.2. The molecule has 6 nitrogen and oxygen atoms in total. The van der Waals surface area contributed by atoms with Gasteiger partial charge in [0.15, 0.2) is 0 Å². The Kier molecular flexibility index (Phi) is 49.1. The Labute approximate surface area is 379 Å². The summed E-state index contributed by atoms with van der Waals surface area (Å²) in [7, 11) is 0. The summed E-state index contributed by atoms with van der Waals surface area (Å²) in [6.07, 6.45) is 61.6. The number of ether oxygens (including phenoxy) is 1. The molecule has 0 aromatic rings. The Morgan fingerprint density at radius 3 is 1.28 bits per heavy atom. The van der Waals surface area contributed by atoms with Gasteiger partial charge in [-0.1, -0.05) is 249 Å². The maximum Gasteiger partial charge on any atom is 0.305 e.